The van der Waals surface area contributed by atoms with Crippen LogP contribution in [0.5, 0.6) is 5.75 Å². The van der Waals surface area contributed by atoms with Crippen molar-refractivity contribution in [1.82, 2.24) is 4.98 Å². The minimum atomic E-state index is -2.86. The van der Waals surface area contributed by atoms with Gasteiger partial charge in [-0.1, -0.05) is 30.2 Å². The molecule has 106 valence electrons. The van der Waals surface area contributed by atoms with Crippen molar-refractivity contribution < 1.29 is 13.5 Å². The first-order valence-corrected chi connectivity index (χ1v) is 7.09. The molecule has 0 aliphatic heterocycles. The molecule has 5 heteroatoms. The van der Waals surface area contributed by atoms with E-state index in [1.165, 1.54) is 6.07 Å². The molecule has 0 bridgehead atoms. The van der Waals surface area contributed by atoms with E-state index in [2.05, 4.69) is 9.72 Å². The summed E-state index contributed by atoms with van der Waals surface area (Å²) in [7, 11) is 0. The molecule has 1 aliphatic rings. The van der Waals surface area contributed by atoms with Gasteiger partial charge in [0.25, 0.3) is 0 Å². The molecule has 2 nitrogen and oxygen atoms in total. The Morgan fingerprint density at radius 3 is 2.75 bits per heavy atom. The maximum atomic E-state index is 12.5. The fraction of sp³-hybridized carbons (Fsp3) is 0.400. The Bertz CT molecular complexity index is 645. The molecule has 0 fully saturated rings. The zero-order valence-electron chi connectivity index (χ0n) is 10.8. The van der Waals surface area contributed by atoms with Gasteiger partial charge in [-0.3, -0.25) is 0 Å². The van der Waals surface area contributed by atoms with Crippen molar-refractivity contribution in [1.29, 1.82) is 0 Å². The molecule has 0 spiro atoms. The van der Waals surface area contributed by atoms with Crippen LogP contribution in [0.2, 0.25) is 5.02 Å². The molecule has 0 unspecified atom stereocenters. The van der Waals surface area contributed by atoms with Crippen LogP contribution in [0.1, 0.15) is 30.5 Å². The van der Waals surface area contributed by atoms with Crippen LogP contribution in [0.15, 0.2) is 18.2 Å². The minimum Gasteiger partial charge on any atom is -0.432 e. The van der Waals surface area contributed by atoms with Crippen molar-refractivity contribution in [2.24, 2.45) is 0 Å². The molecule has 1 aromatic heterocycles. The molecule has 0 radical (unpaired) electrons. The lowest BCUT2D eigenvalue weighted by Gasteiger charge is -2.13. The molecule has 1 aromatic carbocycles. The number of hydrogen-bond donors (Lipinski definition) is 0. The van der Waals surface area contributed by atoms with Crippen LogP contribution in [0.25, 0.3) is 10.9 Å². The Kier molecular flexibility index (Phi) is 3.74. The zero-order chi connectivity index (χ0) is 14.1. The first kappa shape index (κ1) is 13.6. The number of benzene rings is 1. The standard InChI is InChI=1S/C15H14ClF2NO/c16-13-9-5-2-1-3-7-11(9)19-14-10(13)6-4-8-12(14)20-15(17)18/h4,6,8,15H,1-3,5,7H2. The van der Waals surface area contributed by atoms with Crippen molar-refractivity contribution in [3.63, 3.8) is 0 Å². The molecular weight excluding hydrogens is 284 g/mol. The molecule has 0 saturated carbocycles. The second-order valence-electron chi connectivity index (χ2n) is 4.94. The third-order valence-corrected chi connectivity index (χ3v) is 4.08. The average Bonchev–Trinajstić information content (AvgIpc) is 2.65. The number of rotatable bonds is 2. The van der Waals surface area contributed by atoms with Crippen molar-refractivity contribution in [2.75, 3.05) is 0 Å². The van der Waals surface area contributed by atoms with Gasteiger partial charge < -0.3 is 4.74 Å². The Labute approximate surface area is 120 Å². The van der Waals surface area contributed by atoms with Crippen molar-refractivity contribution in [3.8, 4) is 5.75 Å². The number of fused-ring (bicyclic) bond motifs is 2. The van der Waals surface area contributed by atoms with Gasteiger partial charge in [-0.2, -0.15) is 8.78 Å². The predicted molar refractivity (Wildman–Crippen MR) is 74.6 cm³/mol. The SMILES string of the molecule is FC(F)Oc1cccc2c(Cl)c3c(nc12)CCCCC3. The molecule has 2 aromatic rings. The van der Waals surface area contributed by atoms with Crippen LogP contribution in [-0.2, 0) is 12.8 Å². The molecule has 0 atom stereocenters. The molecular formula is C15H14ClF2NO. The summed E-state index contributed by atoms with van der Waals surface area (Å²) in [5.41, 5.74) is 2.41. The fourth-order valence-electron chi connectivity index (χ4n) is 2.73. The van der Waals surface area contributed by atoms with Gasteiger partial charge in [-0.15, -0.1) is 0 Å². The smallest absolute Gasteiger partial charge is 0.387 e. The quantitative estimate of drug-likeness (QED) is 0.746. The topological polar surface area (TPSA) is 22.1 Å². The van der Waals surface area contributed by atoms with E-state index >= 15 is 0 Å². The molecule has 0 amide bonds. The highest BCUT2D eigenvalue weighted by atomic mass is 35.5. The van der Waals surface area contributed by atoms with E-state index in [0.717, 1.165) is 43.4 Å². The van der Waals surface area contributed by atoms with Crippen LogP contribution in [0.3, 0.4) is 0 Å². The maximum absolute atomic E-state index is 12.5. The van der Waals surface area contributed by atoms with Gasteiger partial charge in [-0.05, 0) is 37.3 Å². The van der Waals surface area contributed by atoms with Crippen LogP contribution >= 0.6 is 11.6 Å². The summed E-state index contributed by atoms with van der Waals surface area (Å²) in [6.07, 6.45) is 5.03. The van der Waals surface area contributed by atoms with Crippen LogP contribution in [0, 0.1) is 0 Å². The summed E-state index contributed by atoms with van der Waals surface area (Å²) in [6, 6.07) is 4.96. The van der Waals surface area contributed by atoms with Crippen LogP contribution < -0.4 is 4.74 Å². The zero-order valence-corrected chi connectivity index (χ0v) is 11.6. The van der Waals surface area contributed by atoms with Gasteiger partial charge in [-0.25, -0.2) is 4.98 Å². The Hall–Kier alpha value is -1.42. The largest absolute Gasteiger partial charge is 0.432 e. The van der Waals surface area contributed by atoms with E-state index in [0.29, 0.717) is 15.9 Å². The summed E-state index contributed by atoms with van der Waals surface area (Å²) in [5.74, 6) is 0.0893. The van der Waals surface area contributed by atoms with Crippen LogP contribution in [0.4, 0.5) is 8.78 Å². The van der Waals surface area contributed by atoms with Crippen molar-refractivity contribution in [3.05, 3.63) is 34.5 Å². The number of alkyl halides is 2. The minimum absolute atomic E-state index is 0.0893. The number of pyridine rings is 1. The molecule has 20 heavy (non-hydrogen) atoms. The average molecular weight is 298 g/mol. The van der Waals surface area contributed by atoms with Crippen LogP contribution in [-0.4, -0.2) is 11.6 Å². The number of para-hydroxylation sites is 1. The molecule has 0 N–H and O–H groups in total. The summed E-state index contributed by atoms with van der Waals surface area (Å²) >= 11 is 6.46. The van der Waals surface area contributed by atoms with Gasteiger partial charge in [0.2, 0.25) is 0 Å². The highest BCUT2D eigenvalue weighted by molar-refractivity contribution is 6.36. The third-order valence-electron chi connectivity index (χ3n) is 3.65. The second-order valence-corrected chi connectivity index (χ2v) is 5.32. The number of halogens is 3. The van der Waals surface area contributed by atoms with E-state index in [1.54, 1.807) is 12.1 Å². The highest BCUT2D eigenvalue weighted by Gasteiger charge is 2.18. The summed E-state index contributed by atoms with van der Waals surface area (Å²) in [5, 5.41) is 1.32. The lowest BCUT2D eigenvalue weighted by atomic mass is 10.0. The van der Waals surface area contributed by atoms with E-state index in [-0.39, 0.29) is 5.75 Å². The maximum Gasteiger partial charge on any atom is 0.387 e. The normalized spacial score (nSPS) is 15.2. The van der Waals surface area contributed by atoms with E-state index in [4.69, 9.17) is 11.6 Å². The van der Waals surface area contributed by atoms with Gasteiger partial charge in [0.05, 0.1) is 5.02 Å². The highest BCUT2D eigenvalue weighted by Crippen LogP contribution is 2.36. The van der Waals surface area contributed by atoms with Crippen molar-refractivity contribution >= 4 is 22.5 Å². The monoisotopic (exact) mass is 297 g/mol. The van der Waals surface area contributed by atoms with Crippen molar-refractivity contribution in [2.45, 2.75) is 38.7 Å². The summed E-state index contributed by atoms with van der Waals surface area (Å²) in [4.78, 5) is 4.55. The third kappa shape index (κ3) is 2.44. The number of aryl methyl sites for hydroxylation is 1. The fourth-order valence-corrected chi connectivity index (χ4v) is 3.09. The van der Waals surface area contributed by atoms with Gasteiger partial charge >= 0.3 is 6.61 Å². The van der Waals surface area contributed by atoms with Gasteiger partial charge in [0.15, 0.2) is 5.75 Å². The van der Waals surface area contributed by atoms with E-state index in [9.17, 15) is 8.78 Å². The molecule has 3 rings (SSSR count). The van der Waals surface area contributed by atoms with E-state index < -0.39 is 6.61 Å². The molecule has 0 saturated heterocycles. The number of ether oxygens (including phenoxy) is 1. The molecule has 1 heterocycles. The Balaban J connectivity index is 2.21. The second kappa shape index (κ2) is 5.52. The number of nitrogens with zero attached hydrogens (tertiary/aromatic N) is 1. The molecule has 1 aliphatic carbocycles. The van der Waals surface area contributed by atoms with E-state index in [1.807, 2.05) is 0 Å². The number of aromatic nitrogens is 1. The first-order chi connectivity index (χ1) is 9.66. The summed E-state index contributed by atoms with van der Waals surface area (Å²) < 4.78 is 29.5. The van der Waals surface area contributed by atoms with Gasteiger partial charge in [0, 0.05) is 11.1 Å². The number of hydrogen-bond acceptors (Lipinski definition) is 2. The Morgan fingerprint density at radius 1 is 1.15 bits per heavy atom. The lowest BCUT2D eigenvalue weighted by molar-refractivity contribution is -0.0489. The Morgan fingerprint density at radius 2 is 1.95 bits per heavy atom. The summed E-state index contributed by atoms with van der Waals surface area (Å²) in [6.45, 7) is -2.86. The first-order valence-electron chi connectivity index (χ1n) is 6.71. The predicted octanol–water partition coefficient (Wildman–Crippen LogP) is 4.76. The van der Waals surface area contributed by atoms with Gasteiger partial charge in [0.1, 0.15) is 5.52 Å². The lowest BCUT2D eigenvalue weighted by Crippen LogP contribution is -2.05.